The van der Waals surface area contributed by atoms with Crippen LogP contribution in [0.25, 0.3) is 5.69 Å². The van der Waals surface area contributed by atoms with E-state index in [0.29, 0.717) is 11.4 Å². The number of rotatable bonds is 3. The van der Waals surface area contributed by atoms with Gasteiger partial charge in [-0.2, -0.15) is 5.10 Å². The molecule has 1 aromatic heterocycles. The molecule has 0 saturated carbocycles. The number of carbonyl (C=O) groups excluding carboxylic acids is 1. The third-order valence-electron chi connectivity index (χ3n) is 2.13. The third kappa shape index (κ3) is 2.28. The van der Waals surface area contributed by atoms with Gasteiger partial charge in [0.05, 0.1) is 10.7 Å². The number of benzene rings is 1. The summed E-state index contributed by atoms with van der Waals surface area (Å²) in [5.41, 5.74) is 1.66. The molecular weight excluding hydrogens is 226 g/mol. The summed E-state index contributed by atoms with van der Waals surface area (Å²) in [7, 11) is 0. The molecule has 16 heavy (non-hydrogen) atoms. The normalized spacial score (nSPS) is 10.4. The number of nitrogens with zero attached hydrogens (tertiary/aromatic N) is 3. The molecule has 0 atom stereocenters. The maximum absolute atomic E-state index is 11.0. The topological polar surface area (TPSA) is 47.8 Å². The second-order valence-corrected chi connectivity index (χ2v) is 3.91. The van der Waals surface area contributed by atoms with Gasteiger partial charge in [0.2, 0.25) is 0 Å². The number of hydrogen-bond acceptors (Lipinski definition) is 3. The lowest BCUT2D eigenvalue weighted by Gasteiger charge is -2.05. The van der Waals surface area contributed by atoms with Crippen molar-refractivity contribution in [1.29, 1.82) is 0 Å². The number of Topliss-reactive ketones (excluding diaryl/α,β-unsaturated/α-hetero) is 1. The van der Waals surface area contributed by atoms with Crippen LogP contribution in [0.3, 0.4) is 0 Å². The van der Waals surface area contributed by atoms with Crippen LogP contribution >= 0.6 is 11.6 Å². The lowest BCUT2D eigenvalue weighted by molar-refractivity contribution is -0.116. The molecule has 0 N–H and O–H groups in total. The summed E-state index contributed by atoms with van der Waals surface area (Å²) in [6, 6.07) is 5.47. The van der Waals surface area contributed by atoms with Gasteiger partial charge in [-0.25, -0.2) is 9.67 Å². The summed E-state index contributed by atoms with van der Waals surface area (Å²) < 4.78 is 1.58. The number of carbonyl (C=O) groups is 1. The fraction of sp³-hybridized carbons (Fsp3) is 0.182. The summed E-state index contributed by atoms with van der Waals surface area (Å²) in [6.07, 6.45) is 3.42. The van der Waals surface area contributed by atoms with E-state index in [1.54, 1.807) is 24.0 Å². The lowest BCUT2D eigenvalue weighted by Crippen LogP contribution is -1.99. The Balaban J connectivity index is 2.34. The van der Waals surface area contributed by atoms with Gasteiger partial charge < -0.3 is 0 Å². The number of aromatic nitrogens is 3. The van der Waals surface area contributed by atoms with Gasteiger partial charge in [0, 0.05) is 6.42 Å². The first-order chi connectivity index (χ1) is 7.66. The molecule has 0 fully saturated rings. The van der Waals surface area contributed by atoms with E-state index in [1.165, 1.54) is 6.33 Å². The monoisotopic (exact) mass is 235 g/mol. The predicted molar refractivity (Wildman–Crippen MR) is 60.8 cm³/mol. The SMILES string of the molecule is CC(=O)Cc1ccc(-n2cncn2)c(Cl)c1. The number of hydrogen-bond donors (Lipinski definition) is 0. The highest BCUT2D eigenvalue weighted by atomic mass is 35.5. The highest BCUT2D eigenvalue weighted by molar-refractivity contribution is 6.32. The molecular formula is C11H10ClN3O. The summed E-state index contributed by atoms with van der Waals surface area (Å²) in [5, 5.41) is 4.55. The average Bonchev–Trinajstić information content (AvgIpc) is 2.69. The minimum Gasteiger partial charge on any atom is -0.300 e. The maximum atomic E-state index is 11.0. The smallest absolute Gasteiger partial charge is 0.138 e. The van der Waals surface area contributed by atoms with E-state index in [0.717, 1.165) is 11.3 Å². The van der Waals surface area contributed by atoms with Crippen molar-refractivity contribution in [2.45, 2.75) is 13.3 Å². The first-order valence-corrected chi connectivity index (χ1v) is 5.17. The zero-order chi connectivity index (χ0) is 11.5. The summed E-state index contributed by atoms with van der Waals surface area (Å²) >= 11 is 6.10. The van der Waals surface area contributed by atoms with Crippen LogP contribution in [0.1, 0.15) is 12.5 Å². The fourth-order valence-corrected chi connectivity index (χ4v) is 1.76. The Labute approximate surface area is 97.9 Å². The molecule has 2 rings (SSSR count). The predicted octanol–water partition coefficient (Wildman–Crippen LogP) is 2.05. The molecule has 1 heterocycles. The molecule has 0 saturated heterocycles. The third-order valence-corrected chi connectivity index (χ3v) is 2.43. The molecule has 0 aliphatic rings. The maximum Gasteiger partial charge on any atom is 0.138 e. The Hall–Kier alpha value is -1.68. The number of halogens is 1. The minimum absolute atomic E-state index is 0.115. The Morgan fingerprint density at radius 1 is 1.50 bits per heavy atom. The summed E-state index contributed by atoms with van der Waals surface area (Å²) in [4.78, 5) is 14.8. The molecule has 0 aliphatic carbocycles. The van der Waals surface area contributed by atoms with Crippen LogP contribution in [0.15, 0.2) is 30.9 Å². The van der Waals surface area contributed by atoms with Gasteiger partial charge in [-0.15, -0.1) is 0 Å². The van der Waals surface area contributed by atoms with Crippen LogP contribution in [0.5, 0.6) is 0 Å². The molecule has 0 spiro atoms. The van der Waals surface area contributed by atoms with E-state index >= 15 is 0 Å². The molecule has 0 amide bonds. The molecule has 82 valence electrons. The van der Waals surface area contributed by atoms with Gasteiger partial charge in [-0.1, -0.05) is 17.7 Å². The van der Waals surface area contributed by atoms with E-state index in [-0.39, 0.29) is 5.78 Å². The second-order valence-electron chi connectivity index (χ2n) is 3.50. The molecule has 5 heteroatoms. The van der Waals surface area contributed by atoms with Crippen LogP contribution < -0.4 is 0 Å². The van der Waals surface area contributed by atoms with Crippen molar-refractivity contribution in [3.63, 3.8) is 0 Å². The van der Waals surface area contributed by atoms with Crippen molar-refractivity contribution in [2.24, 2.45) is 0 Å². The van der Waals surface area contributed by atoms with Crippen molar-refractivity contribution >= 4 is 17.4 Å². The van der Waals surface area contributed by atoms with Crippen molar-refractivity contribution in [2.75, 3.05) is 0 Å². The molecule has 0 aliphatic heterocycles. The molecule has 2 aromatic rings. The average molecular weight is 236 g/mol. The van der Waals surface area contributed by atoms with Crippen molar-refractivity contribution in [1.82, 2.24) is 14.8 Å². The van der Waals surface area contributed by atoms with Crippen molar-refractivity contribution in [3.05, 3.63) is 41.4 Å². The molecule has 4 nitrogen and oxygen atoms in total. The number of ketones is 1. The Bertz CT molecular complexity index is 508. The van der Waals surface area contributed by atoms with Gasteiger partial charge in [0.1, 0.15) is 18.4 Å². The second kappa shape index (κ2) is 4.45. The molecule has 0 radical (unpaired) electrons. The van der Waals surface area contributed by atoms with Crippen LogP contribution in [-0.4, -0.2) is 20.5 Å². The van der Waals surface area contributed by atoms with Gasteiger partial charge in [-0.3, -0.25) is 4.79 Å². The first-order valence-electron chi connectivity index (χ1n) is 4.79. The van der Waals surface area contributed by atoms with Crippen LogP contribution in [0, 0.1) is 0 Å². The summed E-state index contributed by atoms with van der Waals surface area (Å²) in [5.74, 6) is 0.115. The Morgan fingerprint density at radius 3 is 2.88 bits per heavy atom. The zero-order valence-corrected chi connectivity index (χ0v) is 9.48. The molecule has 1 aromatic carbocycles. The Morgan fingerprint density at radius 2 is 2.31 bits per heavy atom. The quantitative estimate of drug-likeness (QED) is 0.818. The van der Waals surface area contributed by atoms with Crippen LogP contribution in [-0.2, 0) is 11.2 Å². The lowest BCUT2D eigenvalue weighted by atomic mass is 10.1. The van der Waals surface area contributed by atoms with Gasteiger partial charge in [0.15, 0.2) is 0 Å². The minimum atomic E-state index is 0.115. The zero-order valence-electron chi connectivity index (χ0n) is 8.72. The Kier molecular flexibility index (Phi) is 3.01. The van der Waals surface area contributed by atoms with Gasteiger partial charge in [0.25, 0.3) is 0 Å². The fourth-order valence-electron chi connectivity index (χ4n) is 1.47. The van der Waals surface area contributed by atoms with E-state index in [2.05, 4.69) is 10.1 Å². The van der Waals surface area contributed by atoms with Gasteiger partial charge >= 0.3 is 0 Å². The van der Waals surface area contributed by atoms with Crippen molar-refractivity contribution < 1.29 is 4.79 Å². The van der Waals surface area contributed by atoms with E-state index in [4.69, 9.17) is 11.6 Å². The van der Waals surface area contributed by atoms with Crippen LogP contribution in [0.4, 0.5) is 0 Å². The van der Waals surface area contributed by atoms with E-state index in [9.17, 15) is 4.79 Å². The molecule has 0 unspecified atom stereocenters. The van der Waals surface area contributed by atoms with Crippen LogP contribution in [0.2, 0.25) is 5.02 Å². The van der Waals surface area contributed by atoms with E-state index < -0.39 is 0 Å². The summed E-state index contributed by atoms with van der Waals surface area (Å²) in [6.45, 7) is 1.55. The highest BCUT2D eigenvalue weighted by Gasteiger charge is 2.05. The largest absolute Gasteiger partial charge is 0.300 e. The standard InChI is InChI=1S/C11H10ClN3O/c1-8(16)4-9-2-3-11(10(12)5-9)15-7-13-6-14-15/h2-3,5-7H,4H2,1H3. The van der Waals surface area contributed by atoms with Crippen molar-refractivity contribution in [3.8, 4) is 5.69 Å². The van der Waals surface area contributed by atoms with E-state index in [1.807, 2.05) is 12.1 Å². The molecule has 0 bridgehead atoms. The van der Waals surface area contributed by atoms with Gasteiger partial charge in [-0.05, 0) is 24.6 Å². The highest BCUT2D eigenvalue weighted by Crippen LogP contribution is 2.21. The first kappa shape index (κ1) is 10.8.